The number of amides is 1. The molecule has 2 aromatic heterocycles. The van der Waals surface area contributed by atoms with Gasteiger partial charge in [-0.2, -0.15) is 0 Å². The van der Waals surface area contributed by atoms with E-state index in [9.17, 15) is 4.79 Å². The Balaban J connectivity index is 1.77. The summed E-state index contributed by atoms with van der Waals surface area (Å²) in [4.78, 5) is 29.2. The third-order valence-electron chi connectivity index (χ3n) is 3.68. The number of nitrogen functional groups attached to an aromatic ring is 1. The van der Waals surface area contributed by atoms with Gasteiger partial charge < -0.3 is 11.1 Å². The molecule has 0 aromatic carbocycles. The Kier molecular flexibility index (Phi) is 3.95. The standard InChI is InChI=1S/C15H18N6O/c1-9-6-18-10(7-17-9)8-19-14(22)13-11-4-2-3-5-12(11)20-15(16)21-13/h6-7H,2-5,8H2,1H3,(H,19,22)(H2,16,20,21). The van der Waals surface area contributed by atoms with Crippen LogP contribution in [0.1, 0.15) is 46.0 Å². The second-order valence-corrected chi connectivity index (χ2v) is 5.39. The molecular formula is C15H18N6O. The number of nitrogens with two attached hydrogens (primary N) is 1. The lowest BCUT2D eigenvalue weighted by Crippen LogP contribution is -2.28. The van der Waals surface area contributed by atoms with Crippen LogP contribution in [0.25, 0.3) is 0 Å². The first kappa shape index (κ1) is 14.4. The summed E-state index contributed by atoms with van der Waals surface area (Å²) < 4.78 is 0. The van der Waals surface area contributed by atoms with Gasteiger partial charge in [0.05, 0.1) is 24.1 Å². The Labute approximate surface area is 128 Å². The number of rotatable bonds is 3. The van der Waals surface area contributed by atoms with Gasteiger partial charge in [0.15, 0.2) is 0 Å². The van der Waals surface area contributed by atoms with Gasteiger partial charge in [-0.15, -0.1) is 0 Å². The van der Waals surface area contributed by atoms with Gasteiger partial charge in [-0.25, -0.2) is 9.97 Å². The fraction of sp³-hybridized carbons (Fsp3) is 0.400. The molecule has 1 aliphatic rings. The van der Waals surface area contributed by atoms with Crippen LogP contribution in [-0.2, 0) is 19.4 Å². The smallest absolute Gasteiger partial charge is 0.270 e. The molecule has 0 bridgehead atoms. The molecule has 2 aromatic rings. The largest absolute Gasteiger partial charge is 0.368 e. The van der Waals surface area contributed by atoms with Crippen molar-refractivity contribution in [2.45, 2.75) is 39.2 Å². The lowest BCUT2D eigenvalue weighted by molar-refractivity contribution is 0.0944. The minimum Gasteiger partial charge on any atom is -0.368 e. The van der Waals surface area contributed by atoms with Crippen molar-refractivity contribution < 1.29 is 4.79 Å². The van der Waals surface area contributed by atoms with Crippen LogP contribution in [0.15, 0.2) is 12.4 Å². The van der Waals surface area contributed by atoms with Gasteiger partial charge in [0.1, 0.15) is 5.69 Å². The summed E-state index contributed by atoms with van der Waals surface area (Å²) in [6, 6.07) is 0. The van der Waals surface area contributed by atoms with E-state index in [1.54, 1.807) is 12.4 Å². The molecule has 0 atom stereocenters. The summed E-state index contributed by atoms with van der Waals surface area (Å²) in [7, 11) is 0. The maximum absolute atomic E-state index is 12.4. The molecule has 0 unspecified atom stereocenters. The van der Waals surface area contributed by atoms with E-state index in [0.29, 0.717) is 17.9 Å². The maximum atomic E-state index is 12.4. The van der Waals surface area contributed by atoms with Crippen molar-refractivity contribution in [3.05, 3.63) is 40.7 Å². The zero-order valence-corrected chi connectivity index (χ0v) is 12.5. The maximum Gasteiger partial charge on any atom is 0.270 e. The van der Waals surface area contributed by atoms with Crippen molar-refractivity contribution >= 4 is 11.9 Å². The molecule has 1 aliphatic carbocycles. The summed E-state index contributed by atoms with van der Waals surface area (Å²) >= 11 is 0. The van der Waals surface area contributed by atoms with Crippen molar-refractivity contribution in [2.24, 2.45) is 0 Å². The van der Waals surface area contributed by atoms with Gasteiger partial charge in [-0.3, -0.25) is 14.8 Å². The highest BCUT2D eigenvalue weighted by Gasteiger charge is 2.21. The fourth-order valence-electron chi connectivity index (χ4n) is 2.57. The predicted octanol–water partition coefficient (Wildman–Crippen LogP) is 0.966. The number of aromatic nitrogens is 4. The molecule has 3 N–H and O–H groups in total. The van der Waals surface area contributed by atoms with Gasteiger partial charge >= 0.3 is 0 Å². The van der Waals surface area contributed by atoms with Crippen molar-refractivity contribution in [2.75, 3.05) is 5.73 Å². The molecule has 0 fully saturated rings. The number of hydrogen-bond donors (Lipinski definition) is 2. The number of aryl methyl sites for hydroxylation is 2. The van der Waals surface area contributed by atoms with Crippen LogP contribution >= 0.6 is 0 Å². The summed E-state index contributed by atoms with van der Waals surface area (Å²) in [6.07, 6.45) is 7.12. The summed E-state index contributed by atoms with van der Waals surface area (Å²) in [5.41, 5.74) is 9.48. The van der Waals surface area contributed by atoms with E-state index in [1.807, 2.05) is 6.92 Å². The Morgan fingerprint density at radius 1 is 1.23 bits per heavy atom. The van der Waals surface area contributed by atoms with E-state index in [-0.39, 0.29) is 11.9 Å². The van der Waals surface area contributed by atoms with Crippen LogP contribution < -0.4 is 11.1 Å². The third kappa shape index (κ3) is 3.03. The summed E-state index contributed by atoms with van der Waals surface area (Å²) in [6.45, 7) is 2.18. The number of carbonyl (C=O) groups is 1. The molecule has 22 heavy (non-hydrogen) atoms. The first-order valence-corrected chi connectivity index (χ1v) is 7.34. The van der Waals surface area contributed by atoms with Crippen LogP contribution in [-0.4, -0.2) is 25.8 Å². The molecule has 0 aliphatic heterocycles. The van der Waals surface area contributed by atoms with E-state index >= 15 is 0 Å². The van der Waals surface area contributed by atoms with Crippen molar-refractivity contribution in [1.29, 1.82) is 0 Å². The molecule has 0 spiro atoms. The van der Waals surface area contributed by atoms with Crippen LogP contribution in [0.3, 0.4) is 0 Å². The molecule has 3 rings (SSSR count). The topological polar surface area (TPSA) is 107 Å². The van der Waals surface area contributed by atoms with E-state index in [4.69, 9.17) is 5.73 Å². The summed E-state index contributed by atoms with van der Waals surface area (Å²) in [5.74, 6) is -0.0875. The van der Waals surface area contributed by atoms with Crippen molar-refractivity contribution in [3.63, 3.8) is 0 Å². The van der Waals surface area contributed by atoms with Crippen LogP contribution in [0.5, 0.6) is 0 Å². The number of nitrogens with zero attached hydrogens (tertiary/aromatic N) is 4. The first-order chi connectivity index (χ1) is 10.6. The van der Waals surface area contributed by atoms with E-state index in [1.165, 1.54) is 0 Å². The zero-order valence-electron chi connectivity index (χ0n) is 12.5. The molecule has 0 saturated heterocycles. The number of carbonyl (C=O) groups excluding carboxylic acids is 1. The molecule has 0 saturated carbocycles. The predicted molar refractivity (Wildman–Crippen MR) is 81.0 cm³/mol. The number of hydrogen-bond acceptors (Lipinski definition) is 6. The highest BCUT2D eigenvalue weighted by molar-refractivity contribution is 5.94. The number of fused-ring (bicyclic) bond motifs is 1. The number of nitrogens with one attached hydrogen (secondary N) is 1. The molecule has 0 radical (unpaired) electrons. The van der Waals surface area contributed by atoms with Crippen molar-refractivity contribution in [1.82, 2.24) is 25.3 Å². The van der Waals surface area contributed by atoms with Crippen LogP contribution in [0, 0.1) is 6.92 Å². The Morgan fingerprint density at radius 2 is 2.05 bits per heavy atom. The second kappa shape index (κ2) is 6.05. The van der Waals surface area contributed by atoms with E-state index in [2.05, 4.69) is 25.3 Å². The van der Waals surface area contributed by atoms with Crippen LogP contribution in [0.2, 0.25) is 0 Å². The first-order valence-electron chi connectivity index (χ1n) is 7.34. The fourth-order valence-corrected chi connectivity index (χ4v) is 2.57. The zero-order chi connectivity index (χ0) is 15.5. The van der Waals surface area contributed by atoms with Gasteiger partial charge in [-0.1, -0.05) is 0 Å². The van der Waals surface area contributed by atoms with E-state index in [0.717, 1.165) is 42.6 Å². The molecule has 7 heteroatoms. The Hall–Kier alpha value is -2.57. The molecule has 114 valence electrons. The third-order valence-corrected chi connectivity index (χ3v) is 3.68. The Bertz CT molecular complexity index is 698. The highest BCUT2D eigenvalue weighted by Crippen LogP contribution is 2.22. The quantitative estimate of drug-likeness (QED) is 0.874. The van der Waals surface area contributed by atoms with Gasteiger partial charge in [-0.05, 0) is 32.6 Å². The molecule has 7 nitrogen and oxygen atoms in total. The average Bonchev–Trinajstić information content (AvgIpc) is 2.53. The average molecular weight is 298 g/mol. The monoisotopic (exact) mass is 298 g/mol. The number of anilines is 1. The minimum absolute atomic E-state index is 0.154. The molecule has 2 heterocycles. The Morgan fingerprint density at radius 3 is 2.82 bits per heavy atom. The lowest BCUT2D eigenvalue weighted by Gasteiger charge is -2.17. The SMILES string of the molecule is Cc1cnc(CNC(=O)c2nc(N)nc3c2CCCC3)cn1. The van der Waals surface area contributed by atoms with Crippen molar-refractivity contribution in [3.8, 4) is 0 Å². The van der Waals surface area contributed by atoms with Crippen LogP contribution in [0.4, 0.5) is 5.95 Å². The normalized spacial score (nSPS) is 13.5. The van der Waals surface area contributed by atoms with E-state index < -0.39 is 0 Å². The highest BCUT2D eigenvalue weighted by atomic mass is 16.1. The molecular weight excluding hydrogens is 280 g/mol. The minimum atomic E-state index is -0.241. The second-order valence-electron chi connectivity index (χ2n) is 5.39. The van der Waals surface area contributed by atoms with Gasteiger partial charge in [0, 0.05) is 17.5 Å². The van der Waals surface area contributed by atoms with Gasteiger partial charge in [0.2, 0.25) is 5.95 Å². The summed E-state index contributed by atoms with van der Waals surface area (Å²) in [5, 5.41) is 2.82. The molecule has 1 amide bonds. The lowest BCUT2D eigenvalue weighted by atomic mass is 9.94. The van der Waals surface area contributed by atoms with Gasteiger partial charge in [0.25, 0.3) is 5.91 Å².